The number of aromatic nitrogens is 6. The Balaban J connectivity index is 1.64. The molecule has 2 atom stereocenters. The van der Waals surface area contributed by atoms with Crippen molar-refractivity contribution in [3.05, 3.63) is 82.3 Å². The largest absolute Gasteiger partial charge is 0.349 e. The molecule has 2 aromatic carbocycles. The molecule has 0 bridgehead atoms. The fraction of sp³-hybridized carbons (Fsp3) is 0.320. The van der Waals surface area contributed by atoms with Crippen LogP contribution in [0.15, 0.2) is 70.6 Å². The standard InChI is InChI=1S/C25H29N7O2S/c1-16(2)22(23(33)26-17(3)19-12-8-6-9-13-19)35-25-27-28-29-31(25)21-18(4)30(5)32(24(21)34)20-14-10-7-11-15-20/h6-17,22H,1-5H3,(H,26,33). The Kier molecular flexibility index (Phi) is 7.20. The number of hydrogen-bond donors (Lipinski definition) is 1. The summed E-state index contributed by atoms with van der Waals surface area (Å²) in [4.78, 5) is 26.7. The zero-order valence-corrected chi connectivity index (χ0v) is 21.2. The Morgan fingerprint density at radius 3 is 2.26 bits per heavy atom. The maximum absolute atomic E-state index is 13.5. The molecular weight excluding hydrogens is 462 g/mol. The molecule has 0 radical (unpaired) electrons. The number of carbonyl (C=O) groups excluding carboxylic acids is 1. The maximum atomic E-state index is 13.5. The third-order valence-electron chi connectivity index (χ3n) is 5.93. The molecule has 9 nitrogen and oxygen atoms in total. The molecule has 2 heterocycles. The quantitative estimate of drug-likeness (QED) is 0.379. The molecule has 1 N–H and O–H groups in total. The summed E-state index contributed by atoms with van der Waals surface area (Å²) in [5, 5.41) is 15.1. The van der Waals surface area contributed by atoms with E-state index in [0.717, 1.165) is 11.3 Å². The zero-order chi connectivity index (χ0) is 25.1. The van der Waals surface area contributed by atoms with Crippen LogP contribution in [0.4, 0.5) is 0 Å². The molecule has 0 aliphatic heterocycles. The number of nitrogens with zero attached hydrogens (tertiary/aromatic N) is 6. The van der Waals surface area contributed by atoms with Gasteiger partial charge in [-0.15, -0.1) is 5.10 Å². The molecule has 0 saturated heterocycles. The lowest BCUT2D eigenvalue weighted by Crippen LogP contribution is -2.37. The Labute approximate surface area is 208 Å². The second kappa shape index (κ2) is 10.3. The van der Waals surface area contributed by atoms with Crippen LogP contribution in [0.1, 0.15) is 38.1 Å². The molecule has 0 aliphatic carbocycles. The van der Waals surface area contributed by atoms with E-state index in [1.54, 1.807) is 9.36 Å². The van der Waals surface area contributed by atoms with Gasteiger partial charge in [0.2, 0.25) is 11.1 Å². The minimum absolute atomic E-state index is 0.00553. The van der Waals surface area contributed by atoms with E-state index in [1.165, 1.54) is 16.4 Å². The van der Waals surface area contributed by atoms with Gasteiger partial charge in [-0.1, -0.05) is 74.1 Å². The van der Waals surface area contributed by atoms with Crippen molar-refractivity contribution < 1.29 is 4.79 Å². The summed E-state index contributed by atoms with van der Waals surface area (Å²) in [6, 6.07) is 19.1. The average molecular weight is 492 g/mol. The van der Waals surface area contributed by atoms with E-state index < -0.39 is 5.25 Å². The number of tetrazole rings is 1. The highest BCUT2D eigenvalue weighted by atomic mass is 32.2. The van der Waals surface area contributed by atoms with Crippen LogP contribution in [-0.4, -0.2) is 40.7 Å². The summed E-state index contributed by atoms with van der Waals surface area (Å²) in [5.74, 6) is -0.103. The van der Waals surface area contributed by atoms with Crippen LogP contribution >= 0.6 is 11.8 Å². The average Bonchev–Trinajstić information content (AvgIpc) is 3.39. The molecule has 2 aromatic heterocycles. The highest BCUT2D eigenvalue weighted by Gasteiger charge is 2.29. The highest BCUT2D eigenvalue weighted by molar-refractivity contribution is 8.00. The van der Waals surface area contributed by atoms with Crippen LogP contribution in [0.2, 0.25) is 0 Å². The number of para-hydroxylation sites is 1. The SMILES string of the molecule is Cc1c(-n2nnnc2SC(C(=O)NC(C)c2ccccc2)C(C)C)c(=O)n(-c2ccccc2)n1C. The van der Waals surface area contributed by atoms with Gasteiger partial charge in [0.05, 0.1) is 22.7 Å². The minimum Gasteiger partial charge on any atom is -0.349 e. The maximum Gasteiger partial charge on any atom is 0.297 e. The van der Waals surface area contributed by atoms with Gasteiger partial charge in [-0.3, -0.25) is 14.3 Å². The smallest absolute Gasteiger partial charge is 0.297 e. The van der Waals surface area contributed by atoms with Gasteiger partial charge in [0.25, 0.3) is 5.56 Å². The van der Waals surface area contributed by atoms with Crippen molar-refractivity contribution in [3.63, 3.8) is 0 Å². The second-order valence-corrected chi connectivity index (χ2v) is 9.82. The first kappa shape index (κ1) is 24.5. The summed E-state index contributed by atoms with van der Waals surface area (Å²) in [6.07, 6.45) is 0. The van der Waals surface area contributed by atoms with Crippen molar-refractivity contribution in [1.29, 1.82) is 0 Å². The van der Waals surface area contributed by atoms with E-state index in [-0.39, 0.29) is 23.4 Å². The lowest BCUT2D eigenvalue weighted by atomic mass is 10.1. The van der Waals surface area contributed by atoms with Crippen molar-refractivity contribution in [3.8, 4) is 11.4 Å². The van der Waals surface area contributed by atoms with E-state index in [9.17, 15) is 9.59 Å². The third-order valence-corrected chi connectivity index (χ3v) is 7.41. The first-order valence-corrected chi connectivity index (χ1v) is 12.3. The Bertz CT molecular complexity index is 1360. The van der Waals surface area contributed by atoms with E-state index in [4.69, 9.17) is 0 Å². The fourth-order valence-corrected chi connectivity index (χ4v) is 4.90. The van der Waals surface area contributed by atoms with Crippen LogP contribution in [0.25, 0.3) is 11.4 Å². The fourth-order valence-electron chi connectivity index (χ4n) is 3.92. The number of nitrogens with one attached hydrogen (secondary N) is 1. The zero-order valence-electron chi connectivity index (χ0n) is 20.4. The summed E-state index contributed by atoms with van der Waals surface area (Å²) in [6.45, 7) is 7.77. The van der Waals surface area contributed by atoms with Gasteiger partial charge in [0.15, 0.2) is 5.69 Å². The number of benzene rings is 2. The minimum atomic E-state index is -0.453. The Hall–Kier alpha value is -3.66. The van der Waals surface area contributed by atoms with Crippen LogP contribution in [0.3, 0.4) is 0 Å². The molecule has 0 aliphatic rings. The summed E-state index contributed by atoms with van der Waals surface area (Å²) in [5.41, 5.74) is 2.58. The number of amides is 1. The van der Waals surface area contributed by atoms with Crippen LogP contribution in [0.5, 0.6) is 0 Å². The second-order valence-electron chi connectivity index (χ2n) is 8.71. The molecule has 0 fully saturated rings. The first-order chi connectivity index (χ1) is 16.8. The van der Waals surface area contributed by atoms with Gasteiger partial charge in [-0.25, -0.2) is 4.68 Å². The van der Waals surface area contributed by atoms with Crippen LogP contribution in [0, 0.1) is 12.8 Å². The molecular formula is C25H29N7O2S. The predicted octanol–water partition coefficient (Wildman–Crippen LogP) is 3.45. The Morgan fingerprint density at radius 2 is 1.63 bits per heavy atom. The van der Waals surface area contributed by atoms with Gasteiger partial charge in [0.1, 0.15) is 0 Å². The van der Waals surface area contributed by atoms with E-state index >= 15 is 0 Å². The molecule has 0 saturated carbocycles. The molecule has 0 spiro atoms. The molecule has 1 amide bonds. The lowest BCUT2D eigenvalue weighted by molar-refractivity contribution is -0.121. The number of rotatable bonds is 8. The van der Waals surface area contributed by atoms with E-state index in [1.807, 2.05) is 95.4 Å². The van der Waals surface area contributed by atoms with Gasteiger partial charge >= 0.3 is 0 Å². The summed E-state index contributed by atoms with van der Waals surface area (Å²) < 4.78 is 4.79. The number of carbonyl (C=O) groups is 1. The third kappa shape index (κ3) is 4.93. The van der Waals surface area contributed by atoms with Crippen molar-refractivity contribution >= 4 is 17.7 Å². The van der Waals surface area contributed by atoms with Gasteiger partial charge in [-0.2, -0.15) is 4.68 Å². The van der Waals surface area contributed by atoms with Crippen molar-refractivity contribution in [1.82, 2.24) is 34.9 Å². The van der Waals surface area contributed by atoms with Crippen LogP contribution < -0.4 is 10.9 Å². The van der Waals surface area contributed by atoms with Crippen molar-refractivity contribution in [2.24, 2.45) is 13.0 Å². The normalized spacial score (nSPS) is 13.1. The molecule has 10 heteroatoms. The molecule has 4 aromatic rings. The van der Waals surface area contributed by atoms with Crippen LogP contribution in [-0.2, 0) is 11.8 Å². The summed E-state index contributed by atoms with van der Waals surface area (Å²) in [7, 11) is 1.82. The Morgan fingerprint density at radius 1 is 1.00 bits per heavy atom. The van der Waals surface area contributed by atoms with Gasteiger partial charge in [0, 0.05) is 7.05 Å². The van der Waals surface area contributed by atoms with Gasteiger partial charge < -0.3 is 5.32 Å². The van der Waals surface area contributed by atoms with Gasteiger partial charge in [-0.05, 0) is 47.9 Å². The topological polar surface area (TPSA) is 99.6 Å². The predicted molar refractivity (Wildman–Crippen MR) is 136 cm³/mol. The van der Waals surface area contributed by atoms with E-state index in [0.29, 0.717) is 16.5 Å². The molecule has 2 unspecified atom stereocenters. The van der Waals surface area contributed by atoms with E-state index in [2.05, 4.69) is 20.8 Å². The highest BCUT2D eigenvalue weighted by Crippen LogP contribution is 2.29. The number of hydrogen-bond acceptors (Lipinski definition) is 6. The van der Waals surface area contributed by atoms with Crippen molar-refractivity contribution in [2.75, 3.05) is 0 Å². The molecule has 182 valence electrons. The molecule has 4 rings (SSSR count). The molecule has 35 heavy (non-hydrogen) atoms. The lowest BCUT2D eigenvalue weighted by Gasteiger charge is -2.22. The number of thioether (sulfide) groups is 1. The summed E-state index contributed by atoms with van der Waals surface area (Å²) >= 11 is 1.26. The van der Waals surface area contributed by atoms with Crippen molar-refractivity contribution in [2.45, 2.75) is 44.1 Å². The monoisotopic (exact) mass is 491 g/mol. The first-order valence-electron chi connectivity index (χ1n) is 11.4.